The van der Waals surface area contributed by atoms with Gasteiger partial charge in [0, 0.05) is 16.5 Å². The van der Waals surface area contributed by atoms with Crippen molar-refractivity contribution >= 4 is 40.6 Å². The van der Waals surface area contributed by atoms with Gasteiger partial charge >= 0.3 is 0 Å². The molecule has 114 valence electrons. The second-order valence-corrected chi connectivity index (χ2v) is 6.02. The summed E-state index contributed by atoms with van der Waals surface area (Å²) in [5, 5.41) is 13.7. The van der Waals surface area contributed by atoms with Gasteiger partial charge < -0.3 is 5.32 Å². The molecule has 0 radical (unpaired) electrons. The molecular weight excluding hydrogens is 324 g/mol. The van der Waals surface area contributed by atoms with Gasteiger partial charge in [-0.3, -0.25) is 14.9 Å². The van der Waals surface area contributed by atoms with Gasteiger partial charge in [-0.1, -0.05) is 30.7 Å². The number of carbonyl (C=O) groups is 1. The molecular formula is C15H13ClN2O3S. The summed E-state index contributed by atoms with van der Waals surface area (Å²) in [5.41, 5.74) is 0.579. The maximum absolute atomic E-state index is 12.3. The van der Waals surface area contributed by atoms with Gasteiger partial charge in [-0.2, -0.15) is 0 Å². The minimum absolute atomic E-state index is 0.00323. The molecule has 0 bridgehead atoms. The highest BCUT2D eigenvalue weighted by Gasteiger charge is 2.17. The lowest BCUT2D eigenvalue weighted by molar-refractivity contribution is -0.384. The van der Waals surface area contributed by atoms with E-state index in [-0.39, 0.29) is 16.3 Å². The van der Waals surface area contributed by atoms with Crippen molar-refractivity contribution in [2.24, 2.45) is 0 Å². The van der Waals surface area contributed by atoms with Crippen molar-refractivity contribution in [3.63, 3.8) is 0 Å². The Kier molecular flexibility index (Phi) is 5.41. The largest absolute Gasteiger partial charge is 0.321 e. The van der Waals surface area contributed by atoms with Crippen LogP contribution < -0.4 is 5.32 Å². The fourth-order valence-electron chi connectivity index (χ4n) is 1.84. The lowest BCUT2D eigenvalue weighted by Crippen LogP contribution is -2.12. The van der Waals surface area contributed by atoms with E-state index in [9.17, 15) is 14.9 Å². The molecule has 0 saturated carbocycles. The number of nitro benzene ring substituents is 1. The molecule has 0 atom stereocenters. The van der Waals surface area contributed by atoms with Gasteiger partial charge in [0.15, 0.2) is 0 Å². The zero-order chi connectivity index (χ0) is 16.1. The number of hydrogen-bond acceptors (Lipinski definition) is 4. The number of benzene rings is 2. The van der Waals surface area contributed by atoms with E-state index in [2.05, 4.69) is 5.32 Å². The molecule has 0 heterocycles. The highest BCUT2D eigenvalue weighted by Crippen LogP contribution is 2.28. The molecule has 1 N–H and O–H groups in total. The number of carbonyl (C=O) groups excluding carboxylic acids is 1. The standard InChI is InChI=1S/C15H13ClN2O3S/c1-2-22-14-6-4-3-5-12(14)17-15(19)10-7-8-11(16)13(9-10)18(20)21/h3-9H,2H2,1H3,(H,17,19). The Morgan fingerprint density at radius 2 is 2.05 bits per heavy atom. The molecule has 0 aromatic heterocycles. The first kappa shape index (κ1) is 16.3. The van der Waals surface area contributed by atoms with Crippen molar-refractivity contribution in [2.45, 2.75) is 11.8 Å². The van der Waals surface area contributed by atoms with E-state index in [0.29, 0.717) is 5.69 Å². The molecule has 22 heavy (non-hydrogen) atoms. The van der Waals surface area contributed by atoms with Crippen molar-refractivity contribution in [1.29, 1.82) is 0 Å². The number of nitro groups is 1. The molecule has 2 aromatic rings. The number of amides is 1. The molecule has 0 aliphatic carbocycles. The van der Waals surface area contributed by atoms with Gasteiger partial charge in [0.05, 0.1) is 10.6 Å². The van der Waals surface area contributed by atoms with Crippen molar-refractivity contribution in [3.05, 3.63) is 63.2 Å². The summed E-state index contributed by atoms with van der Waals surface area (Å²) in [6.07, 6.45) is 0. The van der Waals surface area contributed by atoms with Gasteiger partial charge in [-0.05, 0) is 30.0 Å². The Morgan fingerprint density at radius 3 is 2.73 bits per heavy atom. The summed E-state index contributed by atoms with van der Waals surface area (Å²) < 4.78 is 0. The van der Waals surface area contributed by atoms with E-state index in [1.165, 1.54) is 18.2 Å². The first-order valence-corrected chi connectivity index (χ1v) is 7.86. The average molecular weight is 337 g/mol. The third-order valence-corrected chi connectivity index (χ3v) is 4.12. The third kappa shape index (κ3) is 3.78. The first-order valence-electron chi connectivity index (χ1n) is 6.50. The van der Waals surface area contributed by atoms with E-state index < -0.39 is 10.8 Å². The molecule has 0 saturated heterocycles. The molecule has 5 nitrogen and oxygen atoms in total. The summed E-state index contributed by atoms with van der Waals surface area (Å²) in [7, 11) is 0. The first-order chi connectivity index (χ1) is 10.5. The van der Waals surface area contributed by atoms with Crippen molar-refractivity contribution in [3.8, 4) is 0 Å². The molecule has 0 fully saturated rings. The molecule has 7 heteroatoms. The van der Waals surface area contributed by atoms with E-state index in [1.54, 1.807) is 17.8 Å². The number of para-hydroxylation sites is 1. The topological polar surface area (TPSA) is 72.2 Å². The second kappa shape index (κ2) is 7.29. The van der Waals surface area contributed by atoms with Crippen LogP contribution in [-0.2, 0) is 0 Å². The lowest BCUT2D eigenvalue weighted by atomic mass is 10.2. The van der Waals surface area contributed by atoms with Crippen molar-refractivity contribution < 1.29 is 9.72 Å². The van der Waals surface area contributed by atoms with Crippen LogP contribution in [0.4, 0.5) is 11.4 Å². The minimum atomic E-state index is -0.611. The van der Waals surface area contributed by atoms with Crippen molar-refractivity contribution in [1.82, 2.24) is 0 Å². The van der Waals surface area contributed by atoms with Gasteiger partial charge in [0.25, 0.3) is 11.6 Å². The summed E-state index contributed by atoms with van der Waals surface area (Å²) in [4.78, 5) is 23.5. The van der Waals surface area contributed by atoms with Crippen LogP contribution in [0.25, 0.3) is 0 Å². The summed E-state index contributed by atoms with van der Waals surface area (Å²) in [5.74, 6) is 0.461. The highest BCUT2D eigenvalue weighted by atomic mass is 35.5. The van der Waals surface area contributed by atoms with E-state index in [0.717, 1.165) is 10.6 Å². The normalized spacial score (nSPS) is 10.3. The monoisotopic (exact) mass is 336 g/mol. The van der Waals surface area contributed by atoms with Crippen LogP contribution in [0.3, 0.4) is 0 Å². The number of thioether (sulfide) groups is 1. The Balaban J connectivity index is 2.26. The Labute approximate surface area is 136 Å². The van der Waals surface area contributed by atoms with Crippen LogP contribution in [0.15, 0.2) is 47.4 Å². The van der Waals surface area contributed by atoms with Crippen LogP contribution in [0.5, 0.6) is 0 Å². The fraction of sp³-hybridized carbons (Fsp3) is 0.133. The van der Waals surface area contributed by atoms with Crippen LogP contribution >= 0.6 is 23.4 Å². The highest BCUT2D eigenvalue weighted by molar-refractivity contribution is 7.99. The zero-order valence-corrected chi connectivity index (χ0v) is 13.3. The second-order valence-electron chi connectivity index (χ2n) is 4.31. The molecule has 2 aromatic carbocycles. The van der Waals surface area contributed by atoms with Crippen LogP contribution in [0, 0.1) is 10.1 Å². The molecule has 1 amide bonds. The Hall–Kier alpha value is -2.05. The zero-order valence-electron chi connectivity index (χ0n) is 11.7. The molecule has 0 aliphatic rings. The average Bonchev–Trinajstić information content (AvgIpc) is 2.49. The predicted molar refractivity (Wildman–Crippen MR) is 88.9 cm³/mol. The number of hydrogen-bond donors (Lipinski definition) is 1. The van der Waals surface area contributed by atoms with Gasteiger partial charge in [0.1, 0.15) is 5.02 Å². The Bertz CT molecular complexity index is 722. The number of halogens is 1. The lowest BCUT2D eigenvalue weighted by Gasteiger charge is -2.10. The summed E-state index contributed by atoms with van der Waals surface area (Å²) >= 11 is 7.35. The Morgan fingerprint density at radius 1 is 1.32 bits per heavy atom. The molecule has 0 aliphatic heterocycles. The van der Waals surface area contributed by atoms with Crippen LogP contribution in [0.2, 0.25) is 5.02 Å². The smallest absolute Gasteiger partial charge is 0.288 e. The van der Waals surface area contributed by atoms with Gasteiger partial charge in [0.2, 0.25) is 0 Å². The fourth-order valence-corrected chi connectivity index (χ4v) is 2.79. The summed E-state index contributed by atoms with van der Waals surface area (Å²) in [6, 6.07) is 11.4. The third-order valence-electron chi connectivity index (χ3n) is 2.84. The van der Waals surface area contributed by atoms with Gasteiger partial charge in [-0.15, -0.1) is 11.8 Å². The quantitative estimate of drug-likeness (QED) is 0.491. The number of nitrogens with zero attached hydrogens (tertiary/aromatic N) is 1. The number of anilines is 1. The van der Waals surface area contributed by atoms with Crippen LogP contribution in [0.1, 0.15) is 17.3 Å². The predicted octanol–water partition coefficient (Wildman–Crippen LogP) is 4.61. The molecule has 0 unspecified atom stereocenters. The maximum Gasteiger partial charge on any atom is 0.288 e. The van der Waals surface area contributed by atoms with E-state index >= 15 is 0 Å². The molecule has 0 spiro atoms. The van der Waals surface area contributed by atoms with E-state index in [1.807, 2.05) is 25.1 Å². The van der Waals surface area contributed by atoms with E-state index in [4.69, 9.17) is 11.6 Å². The van der Waals surface area contributed by atoms with Gasteiger partial charge in [-0.25, -0.2) is 0 Å². The maximum atomic E-state index is 12.3. The van der Waals surface area contributed by atoms with Crippen LogP contribution in [-0.4, -0.2) is 16.6 Å². The van der Waals surface area contributed by atoms with Crippen molar-refractivity contribution in [2.75, 3.05) is 11.1 Å². The number of rotatable bonds is 5. The minimum Gasteiger partial charge on any atom is -0.321 e. The number of nitrogens with one attached hydrogen (secondary N) is 1. The SMILES string of the molecule is CCSc1ccccc1NC(=O)c1ccc(Cl)c([N+](=O)[O-])c1. The molecule has 2 rings (SSSR count). The summed E-state index contributed by atoms with van der Waals surface area (Å²) in [6.45, 7) is 2.02.